The summed E-state index contributed by atoms with van der Waals surface area (Å²) in [4.78, 5) is 0. The highest BCUT2D eigenvalue weighted by Gasteiger charge is 2.29. The normalized spacial score (nSPS) is 18.5. The van der Waals surface area contributed by atoms with Gasteiger partial charge in [-0.3, -0.25) is 0 Å². The zero-order valence-electron chi connectivity index (χ0n) is 34.1. The molecule has 0 aromatic rings. The molecule has 0 unspecified atom stereocenters. The number of ether oxygens (including phenoxy) is 10. The number of rotatable bonds is 35. The molecule has 0 spiro atoms. The van der Waals surface area contributed by atoms with Gasteiger partial charge >= 0.3 is 0 Å². The van der Waals surface area contributed by atoms with E-state index in [4.69, 9.17) is 47.4 Å². The third-order valence-electron chi connectivity index (χ3n) is 10.2. The summed E-state index contributed by atoms with van der Waals surface area (Å²) in [6.45, 7) is 8.23. The topological polar surface area (TPSA) is 92.3 Å². The summed E-state index contributed by atoms with van der Waals surface area (Å²) in [5.41, 5.74) is 1.26. The van der Waals surface area contributed by atoms with Gasteiger partial charge in [-0.25, -0.2) is 0 Å². The summed E-state index contributed by atoms with van der Waals surface area (Å²) in [5.74, 6) is 0. The molecule has 0 aliphatic heterocycles. The number of unbranched alkanes of at least 4 members (excludes halogenated alkanes) is 3. The highest BCUT2D eigenvalue weighted by Crippen LogP contribution is 2.26. The van der Waals surface area contributed by atoms with E-state index in [0.717, 1.165) is 51.4 Å². The quantitative estimate of drug-likeness (QED) is 0.0479. The fourth-order valence-corrected chi connectivity index (χ4v) is 6.69. The lowest BCUT2D eigenvalue weighted by atomic mass is 9.93. The van der Waals surface area contributed by atoms with Gasteiger partial charge in [0.1, 0.15) is 0 Å². The van der Waals surface area contributed by atoms with E-state index in [1.54, 1.807) is 71.1 Å². The van der Waals surface area contributed by atoms with Crippen molar-refractivity contribution >= 4 is 0 Å². The summed E-state index contributed by atoms with van der Waals surface area (Å²) >= 11 is 0. The van der Waals surface area contributed by atoms with Crippen LogP contribution >= 0.6 is 0 Å². The van der Waals surface area contributed by atoms with Crippen LogP contribution in [0.2, 0.25) is 0 Å². The first-order chi connectivity index (χ1) is 24.1. The van der Waals surface area contributed by atoms with Crippen LogP contribution in [0.1, 0.15) is 104 Å². The Morgan fingerprint density at radius 1 is 0.440 bits per heavy atom. The van der Waals surface area contributed by atoms with Crippen molar-refractivity contribution in [2.24, 2.45) is 0 Å². The van der Waals surface area contributed by atoms with Crippen molar-refractivity contribution in [1.29, 1.82) is 0 Å². The van der Waals surface area contributed by atoms with Crippen LogP contribution in [0.3, 0.4) is 0 Å². The zero-order valence-corrected chi connectivity index (χ0v) is 34.1. The Hall–Kier alpha value is -0.920. The average Bonchev–Trinajstić information content (AvgIpc) is 3.14. The molecule has 0 saturated carbocycles. The number of methoxy groups -OCH3 is 10. The number of hydrogen-bond acceptors (Lipinski definition) is 10. The highest BCUT2D eigenvalue weighted by atomic mass is 16.5. The molecule has 0 heterocycles. The molecule has 0 amide bonds. The standard InChI is InChI=1S/C40H78O10/c1-14-16-17-18-20-30(3)40(50-13)29-39(49-12)28-38(48-11)27-37(47-10)26-36(46-9)25-35(45-8)24-34(44-7)23-33(43-6)22-32(42-5)21-31(41-4)19-15-2/h15,20,31-40H,2,14,16-19,21-29H2,1,3-13H3/b30-20+/t31-,32-,33-,34-,35-,36-,37-,38-,39-,40-/m0/s1. The van der Waals surface area contributed by atoms with Crippen molar-refractivity contribution in [2.75, 3.05) is 71.1 Å². The van der Waals surface area contributed by atoms with Gasteiger partial charge in [0.25, 0.3) is 0 Å². The van der Waals surface area contributed by atoms with Crippen molar-refractivity contribution in [3.05, 3.63) is 24.3 Å². The van der Waals surface area contributed by atoms with Gasteiger partial charge in [0.15, 0.2) is 0 Å². The lowest BCUT2D eigenvalue weighted by Gasteiger charge is -2.31. The third kappa shape index (κ3) is 21.6. The fraction of sp³-hybridized carbons (Fsp3) is 0.900. The van der Waals surface area contributed by atoms with E-state index in [0.29, 0.717) is 19.3 Å². The van der Waals surface area contributed by atoms with Crippen LogP contribution < -0.4 is 0 Å². The van der Waals surface area contributed by atoms with E-state index in [9.17, 15) is 0 Å². The summed E-state index contributed by atoms with van der Waals surface area (Å²) in [6, 6.07) is 0. The fourth-order valence-electron chi connectivity index (χ4n) is 6.69. The smallest absolute Gasteiger partial charge is 0.0803 e. The number of allylic oxidation sites excluding steroid dienone is 1. The van der Waals surface area contributed by atoms with Gasteiger partial charge in [-0.05, 0) is 76.7 Å². The first-order valence-corrected chi connectivity index (χ1v) is 18.7. The summed E-state index contributed by atoms with van der Waals surface area (Å²) < 4.78 is 58.9. The molecule has 0 aliphatic rings. The van der Waals surface area contributed by atoms with Gasteiger partial charge in [0.2, 0.25) is 0 Å². The van der Waals surface area contributed by atoms with Crippen LogP contribution in [0.5, 0.6) is 0 Å². The molecule has 0 radical (unpaired) electrons. The Balaban J connectivity index is 5.30. The lowest BCUT2D eigenvalue weighted by molar-refractivity contribution is -0.0595. The zero-order chi connectivity index (χ0) is 37.7. The minimum Gasteiger partial charge on any atom is -0.381 e. The van der Waals surface area contributed by atoms with Crippen molar-refractivity contribution in [1.82, 2.24) is 0 Å². The molecule has 10 heteroatoms. The monoisotopic (exact) mass is 719 g/mol. The van der Waals surface area contributed by atoms with Gasteiger partial charge in [-0.15, -0.1) is 6.58 Å². The van der Waals surface area contributed by atoms with Gasteiger partial charge in [-0.2, -0.15) is 0 Å². The Labute approximate surface area is 307 Å². The number of hydrogen-bond donors (Lipinski definition) is 0. The van der Waals surface area contributed by atoms with Crippen LogP contribution in [0, 0.1) is 0 Å². The minimum absolute atomic E-state index is 0.00204. The Morgan fingerprint density at radius 2 is 0.740 bits per heavy atom. The molecule has 0 fully saturated rings. The molecule has 0 bridgehead atoms. The second-order valence-corrected chi connectivity index (χ2v) is 13.5. The van der Waals surface area contributed by atoms with E-state index in [-0.39, 0.29) is 61.0 Å². The van der Waals surface area contributed by atoms with Crippen LogP contribution in [-0.2, 0) is 47.4 Å². The van der Waals surface area contributed by atoms with Crippen molar-refractivity contribution in [2.45, 2.75) is 165 Å². The predicted octanol–water partition coefficient (Wildman–Crippen LogP) is 7.75. The molecule has 10 nitrogen and oxygen atoms in total. The second kappa shape index (κ2) is 31.6. The summed E-state index contributed by atoms with van der Waals surface area (Å²) in [7, 11) is 17.5. The third-order valence-corrected chi connectivity index (χ3v) is 10.2. The Bertz CT molecular complexity index is 811. The molecular formula is C40H78O10. The maximum absolute atomic E-state index is 5.98. The molecule has 0 aromatic heterocycles. The molecule has 0 aromatic carbocycles. The summed E-state index contributed by atoms with van der Waals surface area (Å²) in [6.07, 6.45) is 16.1. The molecule has 298 valence electrons. The van der Waals surface area contributed by atoms with E-state index in [2.05, 4.69) is 26.5 Å². The average molecular weight is 719 g/mol. The Kier molecular flexibility index (Phi) is 31.0. The SMILES string of the molecule is C=CC[C@@H](C[C@@H](C[C@@H](C[C@@H](C[C@@H](C[C@@H](C[C@@H](C[C@@H](C[C@@H](C[C@H](OC)/C(C)=C/CCCCC)OC)OC)OC)OC)OC)OC)OC)OC)OC. The molecule has 0 rings (SSSR count). The van der Waals surface area contributed by atoms with E-state index in [1.165, 1.54) is 24.8 Å². The van der Waals surface area contributed by atoms with E-state index >= 15 is 0 Å². The van der Waals surface area contributed by atoms with E-state index in [1.807, 2.05) is 6.08 Å². The minimum atomic E-state index is -0.0663. The van der Waals surface area contributed by atoms with Crippen LogP contribution in [0.4, 0.5) is 0 Å². The van der Waals surface area contributed by atoms with Gasteiger partial charge in [-0.1, -0.05) is 31.9 Å². The molecule has 0 saturated heterocycles. The predicted molar refractivity (Wildman–Crippen MR) is 202 cm³/mol. The van der Waals surface area contributed by atoms with E-state index < -0.39 is 0 Å². The molecule has 0 N–H and O–H groups in total. The van der Waals surface area contributed by atoms with Gasteiger partial charge in [0.05, 0.1) is 61.0 Å². The first-order valence-electron chi connectivity index (χ1n) is 18.7. The van der Waals surface area contributed by atoms with Crippen LogP contribution in [0.15, 0.2) is 24.3 Å². The van der Waals surface area contributed by atoms with Crippen molar-refractivity contribution in [3.8, 4) is 0 Å². The van der Waals surface area contributed by atoms with Crippen molar-refractivity contribution < 1.29 is 47.4 Å². The largest absolute Gasteiger partial charge is 0.381 e. The molecular weight excluding hydrogens is 640 g/mol. The van der Waals surface area contributed by atoms with Gasteiger partial charge in [0, 0.05) is 83.9 Å². The molecule has 50 heavy (non-hydrogen) atoms. The van der Waals surface area contributed by atoms with Crippen LogP contribution in [0.25, 0.3) is 0 Å². The summed E-state index contributed by atoms with van der Waals surface area (Å²) in [5, 5.41) is 0. The molecule has 0 aliphatic carbocycles. The Morgan fingerprint density at radius 3 is 1.00 bits per heavy atom. The first kappa shape index (κ1) is 49.1. The van der Waals surface area contributed by atoms with Gasteiger partial charge < -0.3 is 47.4 Å². The second-order valence-electron chi connectivity index (χ2n) is 13.5. The maximum Gasteiger partial charge on any atom is 0.0803 e. The lowest BCUT2D eigenvalue weighted by Crippen LogP contribution is -2.34. The maximum atomic E-state index is 5.98. The van der Waals surface area contributed by atoms with Crippen LogP contribution in [-0.4, -0.2) is 132 Å². The molecule has 10 atom stereocenters. The van der Waals surface area contributed by atoms with Crippen molar-refractivity contribution in [3.63, 3.8) is 0 Å². The highest BCUT2D eigenvalue weighted by molar-refractivity contribution is 5.06.